The van der Waals surface area contributed by atoms with Crippen LogP contribution in [0.2, 0.25) is 0 Å². The second kappa shape index (κ2) is 6.25. The van der Waals surface area contributed by atoms with E-state index in [4.69, 9.17) is 0 Å². The van der Waals surface area contributed by atoms with Crippen molar-refractivity contribution in [1.82, 2.24) is 10.6 Å². The third kappa shape index (κ3) is 3.95. The lowest BCUT2D eigenvalue weighted by atomic mass is 9.69. The Hall–Kier alpha value is -0.570. The van der Waals surface area contributed by atoms with E-state index in [1.165, 1.54) is 19.3 Å². The first-order valence-corrected chi connectivity index (χ1v) is 7.99. The first kappa shape index (κ1) is 14.8. The fraction of sp³-hybridized carbons (Fsp3) is 0.938. The number of rotatable bonds is 2. The van der Waals surface area contributed by atoms with Crippen LogP contribution < -0.4 is 10.6 Å². The molecular formula is C16H30N2O. The summed E-state index contributed by atoms with van der Waals surface area (Å²) in [7, 11) is 0. The van der Waals surface area contributed by atoms with Gasteiger partial charge in [-0.25, -0.2) is 0 Å². The van der Waals surface area contributed by atoms with Gasteiger partial charge in [0.05, 0.1) is 5.92 Å². The van der Waals surface area contributed by atoms with Crippen LogP contribution in [-0.4, -0.2) is 25.0 Å². The quantitative estimate of drug-likeness (QED) is 0.807. The summed E-state index contributed by atoms with van der Waals surface area (Å²) in [5, 5.41) is 6.70. The summed E-state index contributed by atoms with van der Waals surface area (Å²) in [5.41, 5.74) is 0.295. The van der Waals surface area contributed by atoms with Crippen LogP contribution in [0.15, 0.2) is 0 Å². The Morgan fingerprint density at radius 1 is 1.11 bits per heavy atom. The number of piperidine rings is 1. The predicted octanol–water partition coefficient (Wildman–Crippen LogP) is 2.71. The van der Waals surface area contributed by atoms with E-state index < -0.39 is 0 Å². The Bertz CT molecular complexity index is 302. The van der Waals surface area contributed by atoms with Gasteiger partial charge in [0.15, 0.2) is 0 Å². The summed E-state index contributed by atoms with van der Waals surface area (Å²) in [5.74, 6) is 1.10. The highest BCUT2D eigenvalue weighted by Crippen LogP contribution is 2.38. The van der Waals surface area contributed by atoms with E-state index in [0.29, 0.717) is 17.4 Å². The number of carbonyl (C=O) groups excluding carboxylic acids is 1. The third-order valence-corrected chi connectivity index (χ3v) is 4.87. The molecule has 110 valence electrons. The monoisotopic (exact) mass is 266 g/mol. The van der Waals surface area contributed by atoms with Crippen molar-refractivity contribution < 1.29 is 4.79 Å². The average Bonchev–Trinajstić information content (AvgIpc) is 2.39. The summed E-state index contributed by atoms with van der Waals surface area (Å²) in [6.45, 7) is 8.86. The summed E-state index contributed by atoms with van der Waals surface area (Å²) in [6.07, 6.45) is 7.18. The number of hydrogen-bond donors (Lipinski definition) is 2. The van der Waals surface area contributed by atoms with Gasteiger partial charge in [-0.3, -0.25) is 4.79 Å². The zero-order chi connectivity index (χ0) is 13.9. The van der Waals surface area contributed by atoms with Gasteiger partial charge in [0.1, 0.15) is 0 Å². The van der Waals surface area contributed by atoms with Gasteiger partial charge in [-0.2, -0.15) is 0 Å². The molecule has 2 unspecified atom stereocenters. The molecular weight excluding hydrogens is 236 g/mol. The lowest BCUT2D eigenvalue weighted by Gasteiger charge is -2.41. The fourth-order valence-corrected chi connectivity index (χ4v) is 3.72. The van der Waals surface area contributed by atoms with Gasteiger partial charge in [0.25, 0.3) is 0 Å². The van der Waals surface area contributed by atoms with Gasteiger partial charge in [-0.05, 0) is 43.6 Å². The van der Waals surface area contributed by atoms with Crippen LogP contribution in [0.25, 0.3) is 0 Å². The fourth-order valence-electron chi connectivity index (χ4n) is 3.72. The van der Waals surface area contributed by atoms with E-state index in [-0.39, 0.29) is 11.8 Å². The van der Waals surface area contributed by atoms with E-state index in [1.54, 1.807) is 0 Å². The highest BCUT2D eigenvalue weighted by Gasteiger charge is 2.35. The van der Waals surface area contributed by atoms with Crippen LogP contribution in [0.3, 0.4) is 0 Å². The van der Waals surface area contributed by atoms with E-state index in [2.05, 4.69) is 31.4 Å². The maximum absolute atomic E-state index is 12.4. The second-order valence-electron chi connectivity index (χ2n) is 7.42. The molecule has 1 aliphatic carbocycles. The highest BCUT2D eigenvalue weighted by atomic mass is 16.2. The van der Waals surface area contributed by atoms with Crippen molar-refractivity contribution in [1.29, 1.82) is 0 Å². The Morgan fingerprint density at radius 2 is 1.84 bits per heavy atom. The topological polar surface area (TPSA) is 41.1 Å². The normalized spacial score (nSPS) is 32.9. The molecule has 2 fully saturated rings. The van der Waals surface area contributed by atoms with Gasteiger partial charge in [-0.15, -0.1) is 0 Å². The first-order valence-electron chi connectivity index (χ1n) is 7.99. The molecule has 0 aromatic heterocycles. The molecule has 3 heteroatoms. The van der Waals surface area contributed by atoms with Crippen LogP contribution >= 0.6 is 0 Å². The third-order valence-electron chi connectivity index (χ3n) is 4.87. The molecule has 1 heterocycles. The Kier molecular flexibility index (Phi) is 4.88. The second-order valence-corrected chi connectivity index (χ2v) is 7.42. The SMILES string of the molecule is CC(C)(C)C1CCCCC1NC(=O)[C@H]1CCCNC1. The molecule has 0 spiro atoms. The van der Waals surface area contributed by atoms with Crippen LogP contribution in [-0.2, 0) is 4.79 Å². The minimum Gasteiger partial charge on any atom is -0.353 e. The first-order chi connectivity index (χ1) is 8.98. The molecule has 1 saturated carbocycles. The number of carbonyl (C=O) groups is 1. The van der Waals surface area contributed by atoms with E-state index >= 15 is 0 Å². The van der Waals surface area contributed by atoms with Crippen molar-refractivity contribution in [2.75, 3.05) is 13.1 Å². The molecule has 1 amide bonds. The summed E-state index contributed by atoms with van der Waals surface area (Å²) >= 11 is 0. The van der Waals surface area contributed by atoms with Crippen molar-refractivity contribution in [2.45, 2.75) is 65.3 Å². The Balaban J connectivity index is 1.93. The molecule has 19 heavy (non-hydrogen) atoms. The van der Waals surface area contributed by atoms with Crippen LogP contribution in [0.1, 0.15) is 59.3 Å². The zero-order valence-electron chi connectivity index (χ0n) is 12.8. The molecule has 2 N–H and O–H groups in total. The molecule has 0 aromatic carbocycles. The zero-order valence-corrected chi connectivity index (χ0v) is 12.8. The number of amides is 1. The number of hydrogen-bond acceptors (Lipinski definition) is 2. The minimum atomic E-state index is 0.191. The van der Waals surface area contributed by atoms with Gasteiger partial charge in [0.2, 0.25) is 5.91 Å². The Labute approximate surface area is 117 Å². The molecule has 0 radical (unpaired) electrons. The van der Waals surface area contributed by atoms with Crippen molar-refractivity contribution in [2.24, 2.45) is 17.3 Å². The number of nitrogens with one attached hydrogen (secondary N) is 2. The van der Waals surface area contributed by atoms with Crippen molar-refractivity contribution in [3.8, 4) is 0 Å². The predicted molar refractivity (Wildman–Crippen MR) is 78.9 cm³/mol. The maximum atomic E-state index is 12.4. The summed E-state index contributed by atoms with van der Waals surface area (Å²) in [4.78, 5) is 12.4. The molecule has 0 bridgehead atoms. The van der Waals surface area contributed by atoms with Gasteiger partial charge >= 0.3 is 0 Å². The molecule has 3 nitrogen and oxygen atoms in total. The van der Waals surface area contributed by atoms with E-state index in [9.17, 15) is 4.79 Å². The van der Waals surface area contributed by atoms with Gasteiger partial charge < -0.3 is 10.6 Å². The van der Waals surface area contributed by atoms with Crippen LogP contribution in [0.5, 0.6) is 0 Å². The molecule has 2 aliphatic rings. The summed E-state index contributed by atoms with van der Waals surface area (Å²) in [6, 6.07) is 0.392. The van der Waals surface area contributed by atoms with E-state index in [1.807, 2.05) is 0 Å². The standard InChI is InChI=1S/C16H30N2O/c1-16(2,3)13-8-4-5-9-14(13)18-15(19)12-7-6-10-17-11-12/h12-14,17H,4-11H2,1-3H3,(H,18,19)/t12-,13?,14?/m0/s1. The average molecular weight is 266 g/mol. The van der Waals surface area contributed by atoms with Crippen molar-refractivity contribution in [3.05, 3.63) is 0 Å². The summed E-state index contributed by atoms with van der Waals surface area (Å²) < 4.78 is 0. The lowest BCUT2D eigenvalue weighted by molar-refractivity contribution is -0.127. The Morgan fingerprint density at radius 3 is 2.47 bits per heavy atom. The highest BCUT2D eigenvalue weighted by molar-refractivity contribution is 5.79. The van der Waals surface area contributed by atoms with Gasteiger partial charge in [-0.1, -0.05) is 33.6 Å². The van der Waals surface area contributed by atoms with Crippen LogP contribution in [0.4, 0.5) is 0 Å². The van der Waals surface area contributed by atoms with Crippen LogP contribution in [0, 0.1) is 17.3 Å². The molecule has 2 rings (SSSR count). The molecule has 1 saturated heterocycles. The maximum Gasteiger partial charge on any atom is 0.224 e. The molecule has 3 atom stereocenters. The largest absolute Gasteiger partial charge is 0.353 e. The lowest BCUT2D eigenvalue weighted by Crippen LogP contribution is -2.50. The van der Waals surface area contributed by atoms with E-state index in [0.717, 1.165) is 32.4 Å². The van der Waals surface area contributed by atoms with Crippen molar-refractivity contribution in [3.63, 3.8) is 0 Å². The van der Waals surface area contributed by atoms with Crippen molar-refractivity contribution >= 4 is 5.91 Å². The smallest absolute Gasteiger partial charge is 0.224 e. The van der Waals surface area contributed by atoms with Gasteiger partial charge in [0, 0.05) is 12.6 Å². The minimum absolute atomic E-state index is 0.191. The molecule has 1 aliphatic heterocycles. The molecule has 0 aromatic rings.